The fourth-order valence-electron chi connectivity index (χ4n) is 2.78. The van der Waals surface area contributed by atoms with Gasteiger partial charge in [-0.15, -0.1) is 0 Å². The summed E-state index contributed by atoms with van der Waals surface area (Å²) in [7, 11) is 0. The Labute approximate surface area is 162 Å². The number of benzene rings is 2. The van der Waals surface area contributed by atoms with Gasteiger partial charge in [-0.2, -0.15) is 5.10 Å². The summed E-state index contributed by atoms with van der Waals surface area (Å²) in [5, 5.41) is 8.28. The first-order chi connectivity index (χ1) is 12.5. The third-order valence-electron chi connectivity index (χ3n) is 4.27. The van der Waals surface area contributed by atoms with E-state index in [1.165, 1.54) is 0 Å². The van der Waals surface area contributed by atoms with Crippen LogP contribution in [-0.2, 0) is 13.1 Å². The van der Waals surface area contributed by atoms with Crippen LogP contribution in [0, 0.1) is 13.8 Å². The van der Waals surface area contributed by atoms with E-state index in [1.54, 1.807) is 11.6 Å². The second kappa shape index (κ2) is 7.94. The second-order valence-electron chi connectivity index (χ2n) is 6.11. The minimum Gasteiger partial charge on any atom is -0.348 e. The molecule has 0 aliphatic carbocycles. The van der Waals surface area contributed by atoms with Crippen LogP contribution < -0.4 is 5.32 Å². The molecule has 1 heterocycles. The van der Waals surface area contributed by atoms with E-state index >= 15 is 0 Å². The Bertz CT molecular complexity index is 950. The zero-order valence-corrected chi connectivity index (χ0v) is 16.1. The van der Waals surface area contributed by atoms with Crippen LogP contribution in [-0.4, -0.2) is 15.7 Å². The third-order valence-corrected chi connectivity index (χ3v) is 5.02. The average Bonchev–Trinajstić information content (AvgIpc) is 2.89. The van der Waals surface area contributed by atoms with E-state index in [0.717, 1.165) is 16.7 Å². The van der Waals surface area contributed by atoms with Gasteiger partial charge in [-0.1, -0.05) is 65.7 Å². The first kappa shape index (κ1) is 18.5. The van der Waals surface area contributed by atoms with E-state index < -0.39 is 0 Å². The molecule has 3 rings (SSSR count). The number of halogens is 2. The number of aromatic nitrogens is 2. The predicted molar refractivity (Wildman–Crippen MR) is 105 cm³/mol. The van der Waals surface area contributed by atoms with Crippen LogP contribution >= 0.6 is 23.2 Å². The molecule has 0 atom stereocenters. The van der Waals surface area contributed by atoms with Crippen molar-refractivity contribution < 1.29 is 4.79 Å². The summed E-state index contributed by atoms with van der Waals surface area (Å²) in [4.78, 5) is 12.6. The van der Waals surface area contributed by atoms with E-state index in [1.807, 2.05) is 55.5 Å². The Balaban J connectivity index is 1.78. The van der Waals surface area contributed by atoms with E-state index in [-0.39, 0.29) is 5.91 Å². The molecule has 6 heteroatoms. The molecule has 2 aromatic carbocycles. The van der Waals surface area contributed by atoms with Gasteiger partial charge < -0.3 is 5.32 Å². The second-order valence-corrected chi connectivity index (χ2v) is 6.87. The SMILES string of the molecule is Cc1ccccc1CNC(=O)c1c(C)nn(Cc2ccccc2Cl)c1Cl. The largest absolute Gasteiger partial charge is 0.348 e. The quantitative estimate of drug-likeness (QED) is 0.684. The Morgan fingerprint density at radius 2 is 1.69 bits per heavy atom. The molecule has 0 aliphatic rings. The Morgan fingerprint density at radius 3 is 2.38 bits per heavy atom. The van der Waals surface area contributed by atoms with Crippen LogP contribution in [0.25, 0.3) is 0 Å². The minimum atomic E-state index is -0.235. The number of carbonyl (C=O) groups excluding carboxylic acids is 1. The lowest BCUT2D eigenvalue weighted by atomic mass is 10.1. The molecule has 0 fully saturated rings. The van der Waals surface area contributed by atoms with Crippen molar-refractivity contribution in [3.05, 3.63) is 86.7 Å². The number of rotatable bonds is 5. The molecule has 1 aromatic heterocycles. The number of hydrogen-bond acceptors (Lipinski definition) is 2. The summed E-state index contributed by atoms with van der Waals surface area (Å²) in [6.45, 7) is 4.64. The van der Waals surface area contributed by atoms with Crippen LogP contribution in [0.2, 0.25) is 10.2 Å². The fraction of sp³-hybridized carbons (Fsp3) is 0.200. The molecule has 0 radical (unpaired) electrons. The molecule has 26 heavy (non-hydrogen) atoms. The van der Waals surface area contributed by atoms with Gasteiger partial charge >= 0.3 is 0 Å². The molecule has 1 N–H and O–H groups in total. The first-order valence-corrected chi connectivity index (χ1v) is 9.02. The topological polar surface area (TPSA) is 46.9 Å². The van der Waals surface area contributed by atoms with E-state index in [0.29, 0.717) is 34.5 Å². The molecule has 1 amide bonds. The highest BCUT2D eigenvalue weighted by atomic mass is 35.5. The van der Waals surface area contributed by atoms with Crippen LogP contribution in [0.1, 0.15) is 32.7 Å². The molecule has 0 saturated carbocycles. The van der Waals surface area contributed by atoms with Gasteiger partial charge in [0.2, 0.25) is 0 Å². The molecule has 0 spiro atoms. The summed E-state index contributed by atoms with van der Waals surface area (Å²) in [5.74, 6) is -0.235. The highest BCUT2D eigenvalue weighted by Gasteiger charge is 2.20. The summed E-state index contributed by atoms with van der Waals surface area (Å²) in [6, 6.07) is 15.4. The van der Waals surface area contributed by atoms with Crippen LogP contribution in [0.3, 0.4) is 0 Å². The maximum Gasteiger partial charge on any atom is 0.256 e. The van der Waals surface area contributed by atoms with E-state index in [4.69, 9.17) is 23.2 Å². The Kier molecular flexibility index (Phi) is 5.64. The van der Waals surface area contributed by atoms with Crippen molar-refractivity contribution >= 4 is 29.1 Å². The normalized spacial score (nSPS) is 10.8. The lowest BCUT2D eigenvalue weighted by Crippen LogP contribution is -2.24. The van der Waals surface area contributed by atoms with Crippen LogP contribution in [0.5, 0.6) is 0 Å². The molecule has 0 aliphatic heterocycles. The van der Waals surface area contributed by atoms with Crippen molar-refractivity contribution in [2.75, 3.05) is 0 Å². The van der Waals surface area contributed by atoms with Crippen molar-refractivity contribution in [1.29, 1.82) is 0 Å². The summed E-state index contributed by atoms with van der Waals surface area (Å²) >= 11 is 12.6. The predicted octanol–water partition coefficient (Wildman–Crippen LogP) is 4.79. The molecular weight excluding hydrogens is 369 g/mol. The van der Waals surface area contributed by atoms with Gasteiger partial charge in [-0.3, -0.25) is 4.79 Å². The molecule has 0 saturated heterocycles. The summed E-state index contributed by atoms with van der Waals surface area (Å²) in [6.07, 6.45) is 0. The zero-order valence-electron chi connectivity index (χ0n) is 14.6. The van der Waals surface area contributed by atoms with Crippen LogP contribution in [0.4, 0.5) is 0 Å². The first-order valence-electron chi connectivity index (χ1n) is 8.26. The summed E-state index contributed by atoms with van der Waals surface area (Å²) < 4.78 is 1.60. The number of carbonyl (C=O) groups is 1. The lowest BCUT2D eigenvalue weighted by Gasteiger charge is -2.08. The van der Waals surface area contributed by atoms with Gasteiger partial charge in [0.05, 0.1) is 17.8 Å². The number of nitrogens with one attached hydrogen (secondary N) is 1. The van der Waals surface area contributed by atoms with Gasteiger partial charge in [-0.25, -0.2) is 4.68 Å². The maximum atomic E-state index is 12.6. The smallest absolute Gasteiger partial charge is 0.256 e. The molecule has 0 unspecified atom stereocenters. The molecule has 134 valence electrons. The Hall–Kier alpha value is -2.30. The van der Waals surface area contributed by atoms with Gasteiger partial charge in [0.1, 0.15) is 5.15 Å². The van der Waals surface area contributed by atoms with Gasteiger partial charge in [0.25, 0.3) is 5.91 Å². The van der Waals surface area contributed by atoms with Crippen LogP contribution in [0.15, 0.2) is 48.5 Å². The highest BCUT2D eigenvalue weighted by molar-refractivity contribution is 6.33. The molecule has 0 bridgehead atoms. The highest BCUT2D eigenvalue weighted by Crippen LogP contribution is 2.23. The van der Waals surface area contributed by atoms with Gasteiger partial charge in [-0.05, 0) is 36.6 Å². The number of hydrogen-bond donors (Lipinski definition) is 1. The lowest BCUT2D eigenvalue weighted by molar-refractivity contribution is 0.0950. The number of amides is 1. The number of aryl methyl sites for hydroxylation is 2. The average molecular weight is 388 g/mol. The van der Waals surface area contributed by atoms with E-state index in [2.05, 4.69) is 10.4 Å². The number of nitrogens with zero attached hydrogens (tertiary/aromatic N) is 2. The van der Waals surface area contributed by atoms with Gasteiger partial charge in [0, 0.05) is 11.6 Å². The fourth-order valence-corrected chi connectivity index (χ4v) is 3.29. The molecule has 4 nitrogen and oxygen atoms in total. The molecular formula is C20H19Cl2N3O. The van der Waals surface area contributed by atoms with Gasteiger partial charge in [0.15, 0.2) is 0 Å². The Morgan fingerprint density at radius 1 is 1.04 bits per heavy atom. The van der Waals surface area contributed by atoms with Crippen molar-refractivity contribution in [2.45, 2.75) is 26.9 Å². The third kappa shape index (κ3) is 3.92. The zero-order chi connectivity index (χ0) is 18.7. The van der Waals surface area contributed by atoms with Crippen molar-refractivity contribution in [1.82, 2.24) is 15.1 Å². The maximum absolute atomic E-state index is 12.6. The van der Waals surface area contributed by atoms with Crippen molar-refractivity contribution in [2.24, 2.45) is 0 Å². The minimum absolute atomic E-state index is 0.235. The summed E-state index contributed by atoms with van der Waals surface area (Å²) in [5.41, 5.74) is 4.07. The van der Waals surface area contributed by atoms with Crippen molar-refractivity contribution in [3.63, 3.8) is 0 Å². The monoisotopic (exact) mass is 387 g/mol. The van der Waals surface area contributed by atoms with E-state index in [9.17, 15) is 4.79 Å². The molecule has 3 aromatic rings. The van der Waals surface area contributed by atoms with Crippen molar-refractivity contribution in [3.8, 4) is 0 Å². The standard InChI is InChI=1S/C20H19Cl2N3O/c1-13-7-3-4-8-15(13)11-23-20(26)18-14(2)24-25(19(18)22)12-16-9-5-6-10-17(16)21/h3-10H,11-12H2,1-2H3,(H,23,26).